The van der Waals surface area contributed by atoms with Crippen molar-refractivity contribution < 1.29 is 14.0 Å². The number of nitrogens with one attached hydrogen (secondary N) is 1. The first kappa shape index (κ1) is 18.9. The zero-order valence-corrected chi connectivity index (χ0v) is 15.7. The van der Waals surface area contributed by atoms with E-state index in [4.69, 9.17) is 11.6 Å². The van der Waals surface area contributed by atoms with Crippen LogP contribution in [0.1, 0.15) is 42.5 Å². The fourth-order valence-electron chi connectivity index (χ4n) is 2.93. The Balaban J connectivity index is 1.68. The van der Waals surface area contributed by atoms with Gasteiger partial charge in [0.1, 0.15) is 11.6 Å². The van der Waals surface area contributed by atoms with Crippen LogP contribution in [0.15, 0.2) is 47.4 Å². The quantitative estimate of drug-likeness (QED) is 0.677. The lowest BCUT2D eigenvalue weighted by Crippen LogP contribution is -2.12. The van der Waals surface area contributed by atoms with Crippen molar-refractivity contribution in [2.75, 3.05) is 5.32 Å². The summed E-state index contributed by atoms with van der Waals surface area (Å²) >= 11 is 7.40. The summed E-state index contributed by atoms with van der Waals surface area (Å²) in [5.41, 5.74) is 0.948. The Labute approximate surface area is 161 Å². The zero-order valence-electron chi connectivity index (χ0n) is 14.1. The maximum Gasteiger partial charge on any atom is 0.255 e. The van der Waals surface area contributed by atoms with E-state index < -0.39 is 5.82 Å². The van der Waals surface area contributed by atoms with Crippen molar-refractivity contribution in [3.05, 3.63) is 58.9 Å². The highest BCUT2D eigenvalue weighted by atomic mass is 35.5. The van der Waals surface area contributed by atoms with Crippen molar-refractivity contribution in [2.24, 2.45) is 0 Å². The molecule has 1 unspecified atom stereocenters. The standard InChI is InChI=1S/C20H19ClFNO2S/c21-18-11-14(8-9-19(18)22)23-20(25)13-4-3-7-16(10-13)26-17-6-2-1-5-15(24)12-17/h3-4,7-11,17H,1-2,5-6,12H2,(H,23,25). The van der Waals surface area contributed by atoms with Crippen LogP contribution in [-0.4, -0.2) is 16.9 Å². The predicted octanol–water partition coefficient (Wildman–Crippen LogP) is 5.73. The maximum atomic E-state index is 13.2. The van der Waals surface area contributed by atoms with Gasteiger partial charge in [-0.15, -0.1) is 11.8 Å². The molecule has 0 bridgehead atoms. The fraction of sp³-hybridized carbons (Fsp3) is 0.300. The predicted molar refractivity (Wildman–Crippen MR) is 104 cm³/mol. The van der Waals surface area contributed by atoms with E-state index in [1.807, 2.05) is 18.2 Å². The minimum atomic E-state index is -0.527. The van der Waals surface area contributed by atoms with Gasteiger partial charge in [-0.2, -0.15) is 0 Å². The Morgan fingerprint density at radius 2 is 2.04 bits per heavy atom. The molecular weight excluding hydrogens is 373 g/mol. The first-order valence-corrected chi connectivity index (χ1v) is 9.82. The molecule has 0 aliphatic heterocycles. The van der Waals surface area contributed by atoms with Crippen molar-refractivity contribution in [3.63, 3.8) is 0 Å². The molecule has 136 valence electrons. The normalized spacial score (nSPS) is 17.6. The summed E-state index contributed by atoms with van der Waals surface area (Å²) in [6.45, 7) is 0. The third kappa shape index (κ3) is 5.08. The minimum Gasteiger partial charge on any atom is -0.322 e. The van der Waals surface area contributed by atoms with Crippen LogP contribution in [0.2, 0.25) is 5.02 Å². The topological polar surface area (TPSA) is 46.2 Å². The van der Waals surface area contributed by atoms with Gasteiger partial charge in [0.15, 0.2) is 0 Å². The molecule has 1 atom stereocenters. The van der Waals surface area contributed by atoms with Crippen molar-refractivity contribution in [1.29, 1.82) is 0 Å². The lowest BCUT2D eigenvalue weighted by Gasteiger charge is -2.13. The Bertz CT molecular complexity index is 827. The van der Waals surface area contributed by atoms with Gasteiger partial charge in [-0.3, -0.25) is 9.59 Å². The fourth-order valence-corrected chi connectivity index (χ4v) is 4.40. The van der Waals surface area contributed by atoms with Crippen molar-refractivity contribution in [3.8, 4) is 0 Å². The molecule has 1 amide bonds. The van der Waals surface area contributed by atoms with Crippen LogP contribution in [0.5, 0.6) is 0 Å². The van der Waals surface area contributed by atoms with E-state index in [-0.39, 0.29) is 16.2 Å². The lowest BCUT2D eigenvalue weighted by molar-refractivity contribution is -0.118. The van der Waals surface area contributed by atoms with Crippen LogP contribution in [-0.2, 0) is 4.79 Å². The van der Waals surface area contributed by atoms with Crippen molar-refractivity contribution in [1.82, 2.24) is 0 Å². The SMILES string of the molecule is O=C1CCCCC(Sc2cccc(C(=O)Nc3ccc(F)c(Cl)c3)c2)C1. The molecule has 0 radical (unpaired) electrons. The summed E-state index contributed by atoms with van der Waals surface area (Å²) < 4.78 is 13.2. The molecule has 1 N–H and O–H groups in total. The number of thioether (sulfide) groups is 1. The summed E-state index contributed by atoms with van der Waals surface area (Å²) in [4.78, 5) is 25.2. The Kier molecular flexibility index (Phi) is 6.33. The number of carbonyl (C=O) groups is 2. The molecule has 0 heterocycles. The van der Waals surface area contributed by atoms with Gasteiger partial charge < -0.3 is 5.32 Å². The van der Waals surface area contributed by atoms with E-state index in [9.17, 15) is 14.0 Å². The summed E-state index contributed by atoms with van der Waals surface area (Å²) in [5.74, 6) is -0.491. The molecule has 0 aromatic heterocycles. The highest BCUT2D eigenvalue weighted by Crippen LogP contribution is 2.32. The first-order chi connectivity index (χ1) is 12.5. The second kappa shape index (κ2) is 8.69. The number of Topliss-reactive ketones (excluding diaryl/α,β-unsaturated/α-hetero) is 1. The van der Waals surface area contributed by atoms with E-state index in [0.717, 1.165) is 24.2 Å². The average molecular weight is 392 g/mol. The lowest BCUT2D eigenvalue weighted by atomic mass is 10.2. The zero-order chi connectivity index (χ0) is 18.5. The van der Waals surface area contributed by atoms with Gasteiger partial charge in [-0.05, 0) is 49.2 Å². The Morgan fingerprint density at radius 3 is 2.85 bits per heavy atom. The van der Waals surface area contributed by atoms with Gasteiger partial charge in [0.05, 0.1) is 5.02 Å². The van der Waals surface area contributed by atoms with Gasteiger partial charge in [-0.25, -0.2) is 4.39 Å². The molecule has 2 aromatic carbocycles. The minimum absolute atomic E-state index is 0.0369. The van der Waals surface area contributed by atoms with E-state index in [0.29, 0.717) is 29.9 Å². The molecule has 1 fully saturated rings. The maximum absolute atomic E-state index is 13.2. The van der Waals surface area contributed by atoms with Gasteiger partial charge in [0, 0.05) is 34.2 Å². The van der Waals surface area contributed by atoms with Crippen LogP contribution in [0.4, 0.5) is 10.1 Å². The van der Waals surface area contributed by atoms with Gasteiger partial charge in [0.25, 0.3) is 5.91 Å². The van der Waals surface area contributed by atoms with E-state index in [2.05, 4.69) is 5.32 Å². The number of hydrogen-bond acceptors (Lipinski definition) is 3. The summed E-state index contributed by atoms with van der Waals surface area (Å²) in [6.07, 6.45) is 4.32. The summed E-state index contributed by atoms with van der Waals surface area (Å²) in [5, 5.41) is 2.95. The molecule has 26 heavy (non-hydrogen) atoms. The second-order valence-electron chi connectivity index (χ2n) is 6.34. The number of benzene rings is 2. The Hall–Kier alpha value is -1.85. The molecule has 3 rings (SSSR count). The van der Waals surface area contributed by atoms with Gasteiger partial charge in [-0.1, -0.05) is 24.1 Å². The van der Waals surface area contributed by atoms with E-state index >= 15 is 0 Å². The third-order valence-electron chi connectivity index (χ3n) is 4.26. The molecular formula is C20H19ClFNO2S. The summed E-state index contributed by atoms with van der Waals surface area (Å²) in [7, 11) is 0. The second-order valence-corrected chi connectivity index (χ2v) is 8.12. The van der Waals surface area contributed by atoms with E-state index in [1.54, 1.807) is 17.8 Å². The number of halogens is 2. The van der Waals surface area contributed by atoms with E-state index in [1.165, 1.54) is 18.2 Å². The number of carbonyl (C=O) groups excluding carboxylic acids is 2. The molecule has 1 saturated carbocycles. The molecule has 1 aliphatic rings. The van der Waals surface area contributed by atoms with Crippen LogP contribution in [0, 0.1) is 5.82 Å². The van der Waals surface area contributed by atoms with Crippen LogP contribution < -0.4 is 5.32 Å². The van der Waals surface area contributed by atoms with Crippen molar-refractivity contribution in [2.45, 2.75) is 42.2 Å². The molecule has 0 saturated heterocycles. The number of anilines is 1. The number of amides is 1. The monoisotopic (exact) mass is 391 g/mol. The third-order valence-corrected chi connectivity index (χ3v) is 5.81. The van der Waals surface area contributed by atoms with Crippen LogP contribution in [0.25, 0.3) is 0 Å². The number of hydrogen-bond donors (Lipinski definition) is 1. The molecule has 6 heteroatoms. The highest BCUT2D eigenvalue weighted by Gasteiger charge is 2.19. The average Bonchev–Trinajstić information content (AvgIpc) is 2.82. The number of rotatable bonds is 4. The molecule has 3 nitrogen and oxygen atoms in total. The molecule has 2 aromatic rings. The summed E-state index contributed by atoms with van der Waals surface area (Å²) in [6, 6.07) is 11.4. The smallest absolute Gasteiger partial charge is 0.255 e. The molecule has 1 aliphatic carbocycles. The molecule has 0 spiro atoms. The largest absolute Gasteiger partial charge is 0.322 e. The first-order valence-electron chi connectivity index (χ1n) is 8.56. The van der Waals surface area contributed by atoms with Crippen molar-refractivity contribution >= 4 is 40.7 Å². The highest BCUT2D eigenvalue weighted by molar-refractivity contribution is 8.00. The van der Waals surface area contributed by atoms with Gasteiger partial charge in [0.2, 0.25) is 0 Å². The Morgan fingerprint density at radius 1 is 1.19 bits per heavy atom. The number of ketones is 1. The van der Waals surface area contributed by atoms with Crippen LogP contribution >= 0.6 is 23.4 Å². The van der Waals surface area contributed by atoms with Crippen LogP contribution in [0.3, 0.4) is 0 Å². The van der Waals surface area contributed by atoms with Gasteiger partial charge >= 0.3 is 0 Å².